The summed E-state index contributed by atoms with van der Waals surface area (Å²) in [5.41, 5.74) is 6.39. The highest BCUT2D eigenvalue weighted by Gasteiger charge is 2.18. The second-order valence-electron chi connectivity index (χ2n) is 6.20. The van der Waals surface area contributed by atoms with Gasteiger partial charge >= 0.3 is 0 Å². The molecule has 0 aliphatic heterocycles. The highest BCUT2D eigenvalue weighted by molar-refractivity contribution is 7.25. The van der Waals surface area contributed by atoms with Gasteiger partial charge in [0.1, 0.15) is 16.0 Å². The third kappa shape index (κ3) is 1.68. The van der Waals surface area contributed by atoms with E-state index in [0.29, 0.717) is 0 Å². The summed E-state index contributed by atoms with van der Waals surface area (Å²) in [7, 11) is 0. The molecular formula is C21H18N2S. The fraction of sp³-hybridized carbons (Fsp3) is 0.190. The lowest BCUT2D eigenvalue weighted by Crippen LogP contribution is -2.00. The highest BCUT2D eigenvalue weighted by Crippen LogP contribution is 2.38. The van der Waals surface area contributed by atoms with Gasteiger partial charge in [0.05, 0.1) is 5.52 Å². The maximum atomic E-state index is 5.11. The molecule has 5 aromatic rings. The maximum absolute atomic E-state index is 5.11. The predicted octanol–water partition coefficient (Wildman–Crippen LogP) is 5.98. The summed E-state index contributed by atoms with van der Waals surface area (Å²) in [5, 5.41) is 2.63. The van der Waals surface area contributed by atoms with E-state index in [0.717, 1.165) is 24.0 Å². The number of para-hydroxylation sites is 1. The van der Waals surface area contributed by atoms with Crippen molar-refractivity contribution in [2.45, 2.75) is 26.7 Å². The second kappa shape index (κ2) is 5.05. The van der Waals surface area contributed by atoms with Crippen LogP contribution >= 0.6 is 11.3 Å². The first-order chi connectivity index (χ1) is 11.8. The van der Waals surface area contributed by atoms with Crippen LogP contribution in [0, 0.1) is 0 Å². The first-order valence-electron chi connectivity index (χ1n) is 8.55. The van der Waals surface area contributed by atoms with Crippen molar-refractivity contribution in [2.75, 3.05) is 0 Å². The molecule has 0 aliphatic rings. The van der Waals surface area contributed by atoms with E-state index in [2.05, 4.69) is 66.8 Å². The predicted molar refractivity (Wildman–Crippen MR) is 104 cm³/mol. The van der Waals surface area contributed by atoms with Crippen molar-refractivity contribution in [3.05, 3.63) is 59.7 Å². The van der Waals surface area contributed by atoms with Gasteiger partial charge in [0.15, 0.2) is 0 Å². The molecule has 118 valence electrons. The molecule has 2 aromatic carbocycles. The summed E-state index contributed by atoms with van der Waals surface area (Å²) in [4.78, 5) is 6.37. The minimum atomic E-state index is 1.01. The smallest absolute Gasteiger partial charge is 0.142 e. The SMILES string of the molecule is CCc1c(CC)c2nc3c4ccccc4sc3n2c2ccccc12. The van der Waals surface area contributed by atoms with Crippen molar-refractivity contribution in [1.29, 1.82) is 0 Å². The number of aryl methyl sites for hydroxylation is 2. The van der Waals surface area contributed by atoms with Crippen molar-refractivity contribution >= 4 is 48.3 Å². The van der Waals surface area contributed by atoms with Crippen LogP contribution in [0.2, 0.25) is 0 Å². The van der Waals surface area contributed by atoms with Gasteiger partial charge in [-0.1, -0.05) is 50.2 Å². The summed E-state index contributed by atoms with van der Waals surface area (Å²) in [6, 6.07) is 17.4. The summed E-state index contributed by atoms with van der Waals surface area (Å²) < 4.78 is 3.69. The van der Waals surface area contributed by atoms with Crippen molar-refractivity contribution in [3.63, 3.8) is 0 Å². The zero-order chi connectivity index (χ0) is 16.3. The summed E-state index contributed by atoms with van der Waals surface area (Å²) in [6.45, 7) is 4.49. The fourth-order valence-corrected chi connectivity index (χ4v) is 5.11. The van der Waals surface area contributed by atoms with E-state index < -0.39 is 0 Å². The van der Waals surface area contributed by atoms with Gasteiger partial charge in [-0.15, -0.1) is 11.3 Å². The van der Waals surface area contributed by atoms with Gasteiger partial charge < -0.3 is 0 Å². The quantitative estimate of drug-likeness (QED) is 0.389. The molecule has 0 saturated heterocycles. The Kier molecular flexibility index (Phi) is 2.95. The largest absolute Gasteiger partial charge is 0.283 e. The molecular weight excluding hydrogens is 312 g/mol. The number of imidazole rings is 1. The van der Waals surface area contributed by atoms with Crippen LogP contribution in [0.4, 0.5) is 0 Å². The van der Waals surface area contributed by atoms with Crippen LogP contribution in [0.1, 0.15) is 25.0 Å². The molecule has 0 amide bonds. The summed E-state index contributed by atoms with van der Waals surface area (Å²) in [6.07, 6.45) is 2.06. The van der Waals surface area contributed by atoms with Crippen LogP contribution in [-0.2, 0) is 12.8 Å². The van der Waals surface area contributed by atoms with Gasteiger partial charge in [0, 0.05) is 15.5 Å². The van der Waals surface area contributed by atoms with Crippen molar-refractivity contribution in [2.24, 2.45) is 0 Å². The Morgan fingerprint density at radius 3 is 2.38 bits per heavy atom. The monoisotopic (exact) mass is 330 g/mol. The molecule has 0 fully saturated rings. The van der Waals surface area contributed by atoms with Crippen LogP contribution in [0.25, 0.3) is 37.0 Å². The molecule has 0 saturated carbocycles. The molecule has 0 N–H and O–H groups in total. The number of benzene rings is 2. The molecule has 3 heteroatoms. The number of rotatable bonds is 2. The lowest BCUT2D eigenvalue weighted by atomic mass is 9.99. The Hall–Kier alpha value is -2.39. The Bertz CT molecular complexity index is 1230. The minimum Gasteiger partial charge on any atom is -0.283 e. The highest BCUT2D eigenvalue weighted by atomic mass is 32.1. The fourth-order valence-electron chi connectivity index (χ4n) is 3.95. The third-order valence-corrected chi connectivity index (χ3v) is 6.14. The average Bonchev–Trinajstić information content (AvgIpc) is 3.16. The maximum Gasteiger partial charge on any atom is 0.142 e. The molecule has 0 atom stereocenters. The van der Waals surface area contributed by atoms with Gasteiger partial charge in [0.25, 0.3) is 0 Å². The third-order valence-electron chi connectivity index (χ3n) is 5.00. The van der Waals surface area contributed by atoms with Crippen LogP contribution in [0.5, 0.6) is 0 Å². The number of pyridine rings is 1. The Balaban J connectivity index is 2.12. The van der Waals surface area contributed by atoms with Crippen molar-refractivity contribution in [3.8, 4) is 0 Å². The van der Waals surface area contributed by atoms with E-state index in [-0.39, 0.29) is 0 Å². The van der Waals surface area contributed by atoms with Crippen molar-refractivity contribution < 1.29 is 0 Å². The molecule has 5 rings (SSSR count). The number of hydrogen-bond donors (Lipinski definition) is 0. The molecule has 0 aliphatic carbocycles. The molecule has 24 heavy (non-hydrogen) atoms. The zero-order valence-corrected chi connectivity index (χ0v) is 14.7. The van der Waals surface area contributed by atoms with E-state index in [1.54, 1.807) is 0 Å². The average molecular weight is 330 g/mol. The van der Waals surface area contributed by atoms with Crippen LogP contribution in [0.3, 0.4) is 0 Å². The molecule has 3 aromatic heterocycles. The summed E-state index contributed by atoms with van der Waals surface area (Å²) >= 11 is 1.85. The van der Waals surface area contributed by atoms with Gasteiger partial charge in [-0.05, 0) is 36.1 Å². The molecule has 2 nitrogen and oxygen atoms in total. The topological polar surface area (TPSA) is 17.3 Å². The number of thiophene rings is 1. The number of fused-ring (bicyclic) bond motifs is 7. The van der Waals surface area contributed by atoms with Crippen LogP contribution < -0.4 is 0 Å². The Labute approximate surface area is 144 Å². The van der Waals surface area contributed by atoms with Crippen LogP contribution in [-0.4, -0.2) is 9.38 Å². The molecule has 0 unspecified atom stereocenters. The first-order valence-corrected chi connectivity index (χ1v) is 9.37. The molecule has 0 bridgehead atoms. The molecule has 0 spiro atoms. The van der Waals surface area contributed by atoms with E-state index in [4.69, 9.17) is 4.98 Å². The van der Waals surface area contributed by atoms with Crippen LogP contribution in [0.15, 0.2) is 48.5 Å². The van der Waals surface area contributed by atoms with Gasteiger partial charge in [0.2, 0.25) is 0 Å². The van der Waals surface area contributed by atoms with E-state index >= 15 is 0 Å². The Morgan fingerprint density at radius 1 is 0.875 bits per heavy atom. The first kappa shape index (κ1) is 14.0. The molecule has 3 heterocycles. The second-order valence-corrected chi connectivity index (χ2v) is 7.23. The number of hydrogen-bond acceptors (Lipinski definition) is 2. The van der Waals surface area contributed by atoms with Gasteiger partial charge in [-0.3, -0.25) is 4.40 Å². The van der Waals surface area contributed by atoms with Gasteiger partial charge in [-0.2, -0.15) is 0 Å². The number of nitrogens with zero attached hydrogens (tertiary/aromatic N) is 2. The van der Waals surface area contributed by atoms with E-state index in [9.17, 15) is 0 Å². The minimum absolute atomic E-state index is 1.01. The number of aromatic nitrogens is 2. The standard InChI is InChI=1S/C21H18N2S/c1-3-13-14(4-2)20-22-19-16-10-6-8-12-18(16)24-21(19)23(20)17-11-7-5-9-15(13)17/h5-12H,3-4H2,1-2H3. The van der Waals surface area contributed by atoms with E-state index in [1.165, 1.54) is 36.9 Å². The van der Waals surface area contributed by atoms with Gasteiger partial charge in [-0.25, -0.2) is 4.98 Å². The lowest BCUT2D eigenvalue weighted by Gasteiger charge is -2.13. The van der Waals surface area contributed by atoms with Crippen molar-refractivity contribution in [1.82, 2.24) is 9.38 Å². The molecule has 0 radical (unpaired) electrons. The summed E-state index contributed by atoms with van der Waals surface area (Å²) in [5.74, 6) is 0. The normalized spacial score (nSPS) is 12.1. The Morgan fingerprint density at radius 2 is 1.58 bits per heavy atom. The lowest BCUT2D eigenvalue weighted by molar-refractivity contribution is 1.04. The van der Waals surface area contributed by atoms with E-state index in [1.807, 2.05) is 11.3 Å². The zero-order valence-electron chi connectivity index (χ0n) is 13.8.